The van der Waals surface area contributed by atoms with E-state index in [2.05, 4.69) is 5.32 Å². The molecule has 0 spiro atoms. The molecule has 2 aliphatic rings. The highest BCUT2D eigenvalue weighted by Gasteiger charge is 2.32. The van der Waals surface area contributed by atoms with Gasteiger partial charge < -0.3 is 19.9 Å². The third kappa shape index (κ3) is 4.12. The van der Waals surface area contributed by atoms with Crippen molar-refractivity contribution in [1.82, 2.24) is 9.88 Å². The minimum atomic E-state index is -4.28. The van der Waals surface area contributed by atoms with Crippen LogP contribution in [0.25, 0.3) is 10.9 Å². The minimum absolute atomic E-state index is 0.0133. The summed E-state index contributed by atoms with van der Waals surface area (Å²) in [6.45, 7) is 1.89. The van der Waals surface area contributed by atoms with E-state index in [0.717, 1.165) is 6.07 Å². The van der Waals surface area contributed by atoms with E-state index in [-0.39, 0.29) is 35.1 Å². The second-order valence-electron chi connectivity index (χ2n) is 8.01. The van der Waals surface area contributed by atoms with Gasteiger partial charge in [-0.2, -0.15) is 13.2 Å². The lowest BCUT2D eigenvalue weighted by Crippen LogP contribution is -2.33. The zero-order valence-corrected chi connectivity index (χ0v) is 17.4. The number of thioether (sulfide) groups is 1. The molecule has 2 aromatic rings. The summed E-state index contributed by atoms with van der Waals surface area (Å²) in [7, 11) is 0. The largest absolute Gasteiger partial charge is 0.477 e. The second kappa shape index (κ2) is 8.01. The second-order valence-corrected chi connectivity index (χ2v) is 9.02. The van der Waals surface area contributed by atoms with E-state index < -0.39 is 29.9 Å². The van der Waals surface area contributed by atoms with Crippen LogP contribution in [0.1, 0.15) is 29.7 Å². The molecule has 1 aromatic carbocycles. The summed E-state index contributed by atoms with van der Waals surface area (Å²) in [5.74, 6) is -1.45. The quantitative estimate of drug-likeness (QED) is 0.667. The van der Waals surface area contributed by atoms with Crippen LogP contribution in [-0.2, 0) is 0 Å². The maximum Gasteiger partial charge on any atom is 0.401 e. The monoisotopic (exact) mass is 459 g/mol. The third-order valence-corrected chi connectivity index (χ3v) is 7.05. The Labute approximate surface area is 179 Å². The number of fused-ring (bicyclic) bond motifs is 3. The summed E-state index contributed by atoms with van der Waals surface area (Å²) in [4.78, 5) is 26.2. The Morgan fingerprint density at radius 3 is 2.77 bits per heavy atom. The van der Waals surface area contributed by atoms with E-state index in [1.165, 1.54) is 11.8 Å². The van der Waals surface area contributed by atoms with Gasteiger partial charge in [0.1, 0.15) is 11.4 Å². The lowest BCUT2D eigenvalue weighted by atomic mass is 10.1. The van der Waals surface area contributed by atoms with Crippen LogP contribution in [0.5, 0.6) is 0 Å². The lowest BCUT2D eigenvalue weighted by Gasteiger charge is -2.22. The summed E-state index contributed by atoms with van der Waals surface area (Å²) in [6, 6.07) is 2.57. The van der Waals surface area contributed by atoms with Gasteiger partial charge in [-0.15, -0.1) is 11.8 Å². The molecular weight excluding hydrogens is 438 g/mol. The lowest BCUT2D eigenvalue weighted by molar-refractivity contribution is -0.125. The van der Waals surface area contributed by atoms with Gasteiger partial charge in [0.05, 0.1) is 22.8 Å². The summed E-state index contributed by atoms with van der Waals surface area (Å²) in [5.41, 5.74) is -0.313. The molecule has 0 amide bonds. The zero-order valence-electron chi connectivity index (χ0n) is 16.6. The number of hydrogen-bond acceptors (Lipinski definition) is 5. The van der Waals surface area contributed by atoms with Gasteiger partial charge in [0, 0.05) is 36.8 Å². The fourth-order valence-corrected chi connectivity index (χ4v) is 5.60. The van der Waals surface area contributed by atoms with Crippen LogP contribution < -0.4 is 15.6 Å². The Morgan fingerprint density at radius 2 is 2.10 bits per heavy atom. The van der Waals surface area contributed by atoms with Gasteiger partial charge in [-0.1, -0.05) is 0 Å². The first-order valence-electron chi connectivity index (χ1n) is 9.87. The number of carboxylic acid groups (broad SMARTS) is 1. The highest BCUT2D eigenvalue weighted by molar-refractivity contribution is 7.99. The van der Waals surface area contributed by atoms with E-state index in [9.17, 15) is 32.3 Å². The van der Waals surface area contributed by atoms with E-state index in [0.29, 0.717) is 35.8 Å². The minimum Gasteiger partial charge on any atom is -0.477 e. The predicted molar refractivity (Wildman–Crippen MR) is 110 cm³/mol. The Kier molecular flexibility index (Phi) is 5.67. The first-order chi connectivity index (χ1) is 14.6. The molecule has 1 saturated heterocycles. The van der Waals surface area contributed by atoms with Crippen LogP contribution in [-0.4, -0.2) is 53.8 Å². The molecule has 4 rings (SSSR count). The summed E-state index contributed by atoms with van der Waals surface area (Å²) in [6.07, 6.45) is -3.66. The van der Waals surface area contributed by atoms with Gasteiger partial charge in [-0.05, 0) is 31.4 Å². The van der Waals surface area contributed by atoms with E-state index in [4.69, 9.17) is 0 Å². The zero-order chi connectivity index (χ0) is 22.5. The highest BCUT2D eigenvalue weighted by atomic mass is 32.2. The molecule has 2 N–H and O–H groups in total. The van der Waals surface area contributed by atoms with Crippen molar-refractivity contribution in [3.63, 3.8) is 0 Å². The standard InChI is InChI=1S/C20H21F4N3O3S/c1-10-8-31-18-16(19(29)30)17(28)12-4-13(21)15(5-14(12)27(10)18)26-3-2-11(7-26)6-25-9-20(22,23)24/h4-5,10-11,25H,2-3,6-9H2,1H3,(H,29,30). The molecule has 2 unspecified atom stereocenters. The molecule has 0 radical (unpaired) electrons. The molecule has 2 atom stereocenters. The number of alkyl halides is 3. The molecule has 31 heavy (non-hydrogen) atoms. The normalized spacial score (nSPS) is 21.1. The van der Waals surface area contributed by atoms with Crippen LogP contribution in [0.15, 0.2) is 22.0 Å². The SMILES string of the molecule is CC1CSc2c(C(=O)O)c(=O)c3cc(F)c(N4CCC(CNCC(F)(F)F)C4)cc3n21. The van der Waals surface area contributed by atoms with Crippen LogP contribution in [0.2, 0.25) is 0 Å². The molecule has 2 aliphatic heterocycles. The van der Waals surface area contributed by atoms with Crippen molar-refractivity contribution in [2.24, 2.45) is 5.92 Å². The number of halogens is 4. The number of pyridine rings is 1. The molecule has 0 aliphatic carbocycles. The molecule has 1 fully saturated rings. The predicted octanol–water partition coefficient (Wildman–Crippen LogP) is 3.48. The molecule has 168 valence electrons. The van der Waals surface area contributed by atoms with Crippen molar-refractivity contribution in [3.05, 3.63) is 33.7 Å². The molecule has 6 nitrogen and oxygen atoms in total. The maximum absolute atomic E-state index is 15.0. The van der Waals surface area contributed by atoms with Gasteiger partial charge in [0.25, 0.3) is 0 Å². The summed E-state index contributed by atoms with van der Waals surface area (Å²) >= 11 is 1.29. The molecule has 3 heterocycles. The molecule has 11 heteroatoms. The number of hydrogen-bond donors (Lipinski definition) is 2. The van der Waals surface area contributed by atoms with Crippen LogP contribution in [0.3, 0.4) is 0 Å². The first kappa shape index (κ1) is 21.9. The van der Waals surface area contributed by atoms with Crippen molar-refractivity contribution in [1.29, 1.82) is 0 Å². The highest BCUT2D eigenvalue weighted by Crippen LogP contribution is 2.39. The number of carbonyl (C=O) groups is 1. The third-order valence-electron chi connectivity index (χ3n) is 5.73. The molecule has 0 saturated carbocycles. The molecule has 0 bridgehead atoms. The Balaban J connectivity index is 1.67. The number of anilines is 1. The molecule has 1 aromatic heterocycles. The average molecular weight is 459 g/mol. The van der Waals surface area contributed by atoms with E-state index in [1.807, 2.05) is 6.92 Å². The Bertz CT molecular complexity index is 1100. The number of rotatable bonds is 5. The fraction of sp³-hybridized carbons (Fsp3) is 0.500. The van der Waals surface area contributed by atoms with Crippen LogP contribution >= 0.6 is 11.8 Å². The average Bonchev–Trinajstić information content (AvgIpc) is 3.28. The van der Waals surface area contributed by atoms with E-state index in [1.54, 1.807) is 15.5 Å². The van der Waals surface area contributed by atoms with E-state index >= 15 is 0 Å². The maximum atomic E-state index is 15.0. The summed E-state index contributed by atoms with van der Waals surface area (Å²) in [5, 5.41) is 12.3. The smallest absolute Gasteiger partial charge is 0.401 e. The van der Waals surface area contributed by atoms with Gasteiger partial charge in [0.15, 0.2) is 0 Å². The number of nitrogens with zero attached hydrogens (tertiary/aromatic N) is 2. The van der Waals surface area contributed by atoms with Crippen LogP contribution in [0.4, 0.5) is 23.2 Å². The van der Waals surface area contributed by atoms with Crippen LogP contribution in [0, 0.1) is 11.7 Å². The summed E-state index contributed by atoms with van der Waals surface area (Å²) < 4.78 is 53.7. The number of benzene rings is 1. The van der Waals surface area contributed by atoms with Crippen molar-refractivity contribution >= 4 is 34.3 Å². The van der Waals surface area contributed by atoms with Crippen molar-refractivity contribution in [2.45, 2.75) is 30.6 Å². The van der Waals surface area contributed by atoms with Crippen molar-refractivity contribution in [3.8, 4) is 0 Å². The Morgan fingerprint density at radius 1 is 1.35 bits per heavy atom. The number of aromatic nitrogens is 1. The molecular formula is C20H21F4N3O3S. The van der Waals surface area contributed by atoms with Crippen molar-refractivity contribution in [2.75, 3.05) is 36.8 Å². The van der Waals surface area contributed by atoms with Gasteiger partial charge in [-0.3, -0.25) is 4.79 Å². The number of aromatic carboxylic acids is 1. The van der Waals surface area contributed by atoms with Gasteiger partial charge >= 0.3 is 12.1 Å². The topological polar surface area (TPSA) is 74.6 Å². The van der Waals surface area contributed by atoms with Gasteiger partial charge in [-0.25, -0.2) is 9.18 Å². The Hall–Kier alpha value is -2.27. The van der Waals surface area contributed by atoms with Gasteiger partial charge in [0.2, 0.25) is 5.43 Å². The first-order valence-corrected chi connectivity index (χ1v) is 10.9. The number of carboxylic acids is 1. The fourth-order valence-electron chi connectivity index (χ4n) is 4.31. The number of nitrogens with one attached hydrogen (secondary N) is 1. The van der Waals surface area contributed by atoms with Crippen molar-refractivity contribution < 1.29 is 27.5 Å².